The molecule has 0 aromatic heterocycles. The van der Waals surface area contributed by atoms with Crippen LogP contribution in [-0.4, -0.2) is 28.9 Å². The van der Waals surface area contributed by atoms with Gasteiger partial charge in [0, 0.05) is 29.7 Å². The first-order valence-corrected chi connectivity index (χ1v) is 14.5. The van der Waals surface area contributed by atoms with Crippen molar-refractivity contribution in [1.29, 1.82) is 5.26 Å². The Hall–Kier alpha value is -2.36. The Balaban J connectivity index is 1.65. The van der Waals surface area contributed by atoms with Gasteiger partial charge in [0.05, 0.1) is 5.57 Å². The maximum Gasteiger partial charge on any atom is 0.321 e. The SMILES string of the molecule is C[C@@H]1C(=O)C(C#N)=C[C@]2(C)C3=CC(=O)C4[C@H]5CC(C)(C)CC[C@]5(NC(=O)C(C)(F)F)CC[C@@]4(C)[C@]3(C)CC[C@@H]12. The Morgan fingerprint density at radius 1 is 1.05 bits per heavy atom. The molecule has 0 aliphatic heterocycles. The Morgan fingerprint density at radius 2 is 1.69 bits per heavy atom. The number of nitrogens with zero attached hydrogens (tertiary/aromatic N) is 1. The molecule has 1 N–H and O–H groups in total. The second kappa shape index (κ2) is 8.33. The Morgan fingerprint density at radius 3 is 2.31 bits per heavy atom. The van der Waals surface area contributed by atoms with Gasteiger partial charge >= 0.3 is 5.92 Å². The van der Waals surface area contributed by atoms with E-state index in [0.29, 0.717) is 32.6 Å². The van der Waals surface area contributed by atoms with Crippen molar-refractivity contribution in [3.8, 4) is 6.07 Å². The number of amides is 1. The van der Waals surface area contributed by atoms with E-state index in [1.54, 1.807) is 6.08 Å². The summed E-state index contributed by atoms with van der Waals surface area (Å²) < 4.78 is 28.3. The van der Waals surface area contributed by atoms with E-state index in [2.05, 4.69) is 46.0 Å². The molecule has 212 valence electrons. The maximum absolute atomic E-state index is 14.3. The van der Waals surface area contributed by atoms with Gasteiger partial charge in [-0.15, -0.1) is 0 Å². The molecule has 0 saturated heterocycles. The monoisotopic (exact) mass is 540 g/mol. The summed E-state index contributed by atoms with van der Waals surface area (Å²) >= 11 is 0. The van der Waals surface area contributed by atoms with Crippen LogP contribution in [0.1, 0.15) is 93.4 Å². The molecule has 8 atom stereocenters. The standard InChI is InChI=1S/C32H42F2N2O3/c1-18-20-8-9-29(5)23(28(20,4)15-19(17-35)25(18)38)14-22(37)24-21-16-27(2,3)10-12-32(21,13-11-30(24,29)6)36-26(39)31(7,33)34/h14-15,18,20-21,24H,8-13,16H2,1-7H3,(H,36,39)/t18-,20-,21+,24?,28-,29+,30+,32-/m0/s1. The van der Waals surface area contributed by atoms with E-state index in [9.17, 15) is 28.4 Å². The van der Waals surface area contributed by atoms with Crippen molar-refractivity contribution in [3.63, 3.8) is 0 Å². The normalized spacial score (nSPS) is 44.9. The molecule has 5 rings (SSSR count). The zero-order valence-electron chi connectivity index (χ0n) is 24.3. The molecule has 3 fully saturated rings. The molecule has 1 unspecified atom stereocenters. The largest absolute Gasteiger partial charge is 0.345 e. The van der Waals surface area contributed by atoms with Gasteiger partial charge in [0.2, 0.25) is 0 Å². The Bertz CT molecular complexity index is 1250. The van der Waals surface area contributed by atoms with Gasteiger partial charge in [-0.25, -0.2) is 0 Å². The fourth-order valence-corrected chi connectivity index (χ4v) is 9.81. The van der Waals surface area contributed by atoms with Crippen LogP contribution in [0.25, 0.3) is 0 Å². The minimum atomic E-state index is -3.49. The zero-order chi connectivity index (χ0) is 29.0. The molecule has 0 heterocycles. The molecule has 5 nitrogen and oxygen atoms in total. The number of carbonyl (C=O) groups is 3. The third kappa shape index (κ3) is 3.75. The van der Waals surface area contributed by atoms with Crippen molar-refractivity contribution in [2.45, 2.75) is 105 Å². The number of alkyl halides is 2. The van der Waals surface area contributed by atoms with Crippen LogP contribution in [0.15, 0.2) is 23.3 Å². The van der Waals surface area contributed by atoms with Crippen LogP contribution in [-0.2, 0) is 14.4 Å². The maximum atomic E-state index is 14.3. The first kappa shape index (κ1) is 28.2. The first-order chi connectivity index (χ1) is 17.9. The summed E-state index contributed by atoms with van der Waals surface area (Å²) in [5, 5.41) is 12.6. The lowest BCUT2D eigenvalue weighted by Gasteiger charge is -2.68. The molecule has 0 radical (unpaired) electrons. The third-order valence-corrected chi connectivity index (χ3v) is 12.3. The first-order valence-electron chi connectivity index (χ1n) is 14.5. The highest BCUT2D eigenvalue weighted by atomic mass is 19.3. The number of nitrogens with one attached hydrogen (secondary N) is 1. The fourth-order valence-electron chi connectivity index (χ4n) is 9.81. The number of halogens is 2. The predicted octanol–water partition coefficient (Wildman–Crippen LogP) is 6.34. The van der Waals surface area contributed by atoms with Gasteiger partial charge in [-0.3, -0.25) is 14.4 Å². The van der Waals surface area contributed by atoms with E-state index in [4.69, 9.17) is 0 Å². The van der Waals surface area contributed by atoms with E-state index in [1.165, 1.54) is 0 Å². The summed E-state index contributed by atoms with van der Waals surface area (Å²) in [4.78, 5) is 39.9. The Kier molecular flexibility index (Phi) is 6.02. The van der Waals surface area contributed by atoms with Gasteiger partial charge in [0.1, 0.15) is 6.07 Å². The summed E-state index contributed by atoms with van der Waals surface area (Å²) in [6, 6.07) is 2.11. The number of ketones is 2. The number of allylic oxidation sites excluding steroid dienone is 4. The highest BCUT2D eigenvalue weighted by Gasteiger charge is 2.69. The molecule has 0 aromatic carbocycles. The van der Waals surface area contributed by atoms with Crippen molar-refractivity contribution in [1.82, 2.24) is 5.32 Å². The number of fused-ring (bicyclic) bond motifs is 7. The highest BCUT2D eigenvalue weighted by Crippen LogP contribution is 2.72. The zero-order valence-corrected chi connectivity index (χ0v) is 24.3. The van der Waals surface area contributed by atoms with E-state index >= 15 is 0 Å². The molecule has 5 aliphatic rings. The van der Waals surface area contributed by atoms with Crippen molar-refractivity contribution < 1.29 is 23.2 Å². The number of Topliss-reactive ketones (excluding diaryl/α,β-unsaturated/α-hetero) is 1. The summed E-state index contributed by atoms with van der Waals surface area (Å²) in [6.45, 7) is 13.4. The molecular formula is C32H42F2N2O3. The van der Waals surface area contributed by atoms with Crippen LogP contribution < -0.4 is 5.32 Å². The average molecular weight is 541 g/mol. The topological polar surface area (TPSA) is 87.0 Å². The van der Waals surface area contributed by atoms with Crippen LogP contribution in [0.4, 0.5) is 8.78 Å². The van der Waals surface area contributed by atoms with Gasteiger partial charge < -0.3 is 5.32 Å². The summed E-state index contributed by atoms with van der Waals surface area (Å²) in [5.74, 6) is -5.83. The average Bonchev–Trinajstić information content (AvgIpc) is 2.83. The molecule has 0 bridgehead atoms. The summed E-state index contributed by atoms with van der Waals surface area (Å²) in [5.41, 5.74) is -1.15. The van der Waals surface area contributed by atoms with Crippen molar-refractivity contribution in [3.05, 3.63) is 23.3 Å². The molecule has 39 heavy (non-hydrogen) atoms. The lowest BCUT2D eigenvalue weighted by atomic mass is 9.36. The number of hydrogen-bond donors (Lipinski definition) is 1. The lowest BCUT2D eigenvalue weighted by molar-refractivity contribution is -0.167. The third-order valence-electron chi connectivity index (χ3n) is 12.3. The molecule has 5 aliphatic carbocycles. The number of hydrogen-bond acceptors (Lipinski definition) is 4. The predicted molar refractivity (Wildman–Crippen MR) is 143 cm³/mol. The quantitative estimate of drug-likeness (QED) is 0.443. The lowest BCUT2D eigenvalue weighted by Crippen LogP contribution is -2.70. The van der Waals surface area contributed by atoms with E-state index in [1.807, 2.05) is 13.0 Å². The van der Waals surface area contributed by atoms with Crippen molar-refractivity contribution in [2.24, 2.45) is 45.3 Å². The van der Waals surface area contributed by atoms with Gasteiger partial charge in [-0.2, -0.15) is 14.0 Å². The minimum Gasteiger partial charge on any atom is -0.345 e. The van der Waals surface area contributed by atoms with Crippen molar-refractivity contribution in [2.75, 3.05) is 0 Å². The number of rotatable bonds is 2. The Labute approximate surface area is 230 Å². The number of carbonyl (C=O) groups excluding carboxylic acids is 3. The number of nitriles is 1. The summed E-state index contributed by atoms with van der Waals surface area (Å²) in [7, 11) is 0. The summed E-state index contributed by atoms with van der Waals surface area (Å²) in [6.07, 6.45) is 8.47. The smallest absolute Gasteiger partial charge is 0.321 e. The van der Waals surface area contributed by atoms with E-state index < -0.39 is 34.1 Å². The second-order valence-corrected chi connectivity index (χ2v) is 14.9. The van der Waals surface area contributed by atoms with Crippen LogP contribution in [0, 0.1) is 56.7 Å². The fraction of sp³-hybridized carbons (Fsp3) is 0.750. The highest BCUT2D eigenvalue weighted by molar-refractivity contribution is 6.02. The molecule has 1 amide bonds. The van der Waals surface area contributed by atoms with Crippen LogP contribution >= 0.6 is 0 Å². The van der Waals surface area contributed by atoms with Crippen LogP contribution in [0.3, 0.4) is 0 Å². The molecule has 0 spiro atoms. The molecule has 7 heteroatoms. The van der Waals surface area contributed by atoms with Gasteiger partial charge in [-0.05, 0) is 79.1 Å². The second-order valence-electron chi connectivity index (χ2n) is 14.9. The van der Waals surface area contributed by atoms with Gasteiger partial charge in [0.15, 0.2) is 11.6 Å². The van der Waals surface area contributed by atoms with Gasteiger partial charge in [0.25, 0.3) is 5.91 Å². The minimum absolute atomic E-state index is 0.00686. The van der Waals surface area contributed by atoms with E-state index in [-0.39, 0.29) is 45.7 Å². The van der Waals surface area contributed by atoms with Crippen molar-refractivity contribution >= 4 is 17.5 Å². The molecular weight excluding hydrogens is 498 g/mol. The van der Waals surface area contributed by atoms with Gasteiger partial charge in [-0.1, -0.05) is 53.2 Å². The molecule has 0 aromatic rings. The van der Waals surface area contributed by atoms with E-state index in [0.717, 1.165) is 24.8 Å². The van der Waals surface area contributed by atoms with Crippen LogP contribution in [0.5, 0.6) is 0 Å². The van der Waals surface area contributed by atoms with Crippen LogP contribution in [0.2, 0.25) is 0 Å². The molecule has 3 saturated carbocycles.